The molecule has 0 aliphatic heterocycles. The van der Waals surface area contributed by atoms with Crippen LogP contribution in [0.25, 0.3) is 0 Å². The molecule has 2 N–H and O–H groups in total. The summed E-state index contributed by atoms with van der Waals surface area (Å²) in [6.07, 6.45) is 3.69. The summed E-state index contributed by atoms with van der Waals surface area (Å²) < 4.78 is 0. The van der Waals surface area contributed by atoms with Crippen LogP contribution in [0.1, 0.15) is 53.9 Å². The van der Waals surface area contributed by atoms with E-state index in [4.69, 9.17) is 0 Å². The lowest BCUT2D eigenvalue weighted by atomic mass is 9.73. The summed E-state index contributed by atoms with van der Waals surface area (Å²) in [6, 6.07) is 0.576. The molecule has 0 radical (unpaired) electrons. The van der Waals surface area contributed by atoms with Crippen molar-refractivity contribution in [2.24, 2.45) is 5.41 Å². The van der Waals surface area contributed by atoms with E-state index in [1.54, 1.807) is 0 Å². The zero-order valence-electron chi connectivity index (χ0n) is 12.0. The van der Waals surface area contributed by atoms with Crippen molar-refractivity contribution < 1.29 is 5.11 Å². The van der Waals surface area contributed by atoms with Gasteiger partial charge in [-0.2, -0.15) is 11.8 Å². The van der Waals surface area contributed by atoms with E-state index in [1.165, 1.54) is 19.3 Å². The van der Waals surface area contributed by atoms with Crippen LogP contribution in [-0.4, -0.2) is 34.3 Å². The van der Waals surface area contributed by atoms with Gasteiger partial charge >= 0.3 is 0 Å². The van der Waals surface area contributed by atoms with Gasteiger partial charge in [-0.05, 0) is 31.7 Å². The number of aliphatic hydroxyl groups is 1. The first-order valence-corrected chi connectivity index (χ1v) is 7.89. The van der Waals surface area contributed by atoms with E-state index in [2.05, 4.69) is 33.0 Å². The second-order valence-corrected chi connectivity index (χ2v) is 7.66. The van der Waals surface area contributed by atoms with Crippen LogP contribution in [0.5, 0.6) is 0 Å². The van der Waals surface area contributed by atoms with Gasteiger partial charge in [-0.25, -0.2) is 0 Å². The molecule has 0 spiro atoms. The summed E-state index contributed by atoms with van der Waals surface area (Å²) in [7, 11) is 0. The molecule has 4 atom stereocenters. The van der Waals surface area contributed by atoms with Crippen LogP contribution >= 0.6 is 11.8 Å². The lowest BCUT2D eigenvalue weighted by Crippen LogP contribution is -2.52. The van der Waals surface area contributed by atoms with Crippen LogP contribution in [0.15, 0.2) is 0 Å². The molecule has 4 unspecified atom stereocenters. The summed E-state index contributed by atoms with van der Waals surface area (Å²) in [4.78, 5) is 0. The molecule has 1 aliphatic rings. The Morgan fingerprint density at radius 3 is 2.59 bits per heavy atom. The Morgan fingerprint density at radius 2 is 2.06 bits per heavy atom. The standard InChI is InChI=1S/C14H29NOS/c1-6-15-13-12(17-11(3)10(2)16)8-7-9-14(13,4)5/h10-13,15-16H,6-9H2,1-5H3. The molecule has 1 aliphatic carbocycles. The molecule has 0 aromatic rings. The number of hydrogen-bond acceptors (Lipinski definition) is 3. The molecule has 0 heterocycles. The number of thioether (sulfide) groups is 1. The number of hydrogen-bond donors (Lipinski definition) is 2. The van der Waals surface area contributed by atoms with Crippen molar-refractivity contribution in [1.29, 1.82) is 0 Å². The second-order valence-electron chi connectivity index (χ2n) is 6.04. The fourth-order valence-corrected chi connectivity index (χ4v) is 4.45. The van der Waals surface area contributed by atoms with E-state index in [0.717, 1.165) is 6.54 Å². The monoisotopic (exact) mass is 259 g/mol. The van der Waals surface area contributed by atoms with Crippen molar-refractivity contribution in [1.82, 2.24) is 5.32 Å². The molecule has 0 saturated heterocycles. The molecule has 2 nitrogen and oxygen atoms in total. The molecule has 0 amide bonds. The maximum absolute atomic E-state index is 9.66. The second kappa shape index (κ2) is 6.44. The van der Waals surface area contributed by atoms with Crippen molar-refractivity contribution in [2.75, 3.05) is 6.54 Å². The Labute approximate surface area is 111 Å². The van der Waals surface area contributed by atoms with E-state index in [1.807, 2.05) is 18.7 Å². The Hall–Kier alpha value is 0.270. The van der Waals surface area contributed by atoms with Gasteiger partial charge in [0.2, 0.25) is 0 Å². The molecule has 17 heavy (non-hydrogen) atoms. The average molecular weight is 259 g/mol. The summed E-state index contributed by atoms with van der Waals surface area (Å²) in [6.45, 7) is 12.0. The van der Waals surface area contributed by atoms with Gasteiger partial charge in [-0.15, -0.1) is 0 Å². The smallest absolute Gasteiger partial charge is 0.0628 e. The van der Waals surface area contributed by atoms with Gasteiger partial charge in [0, 0.05) is 16.5 Å². The normalized spacial score (nSPS) is 32.1. The topological polar surface area (TPSA) is 32.3 Å². The highest BCUT2D eigenvalue weighted by Gasteiger charge is 2.39. The summed E-state index contributed by atoms with van der Waals surface area (Å²) >= 11 is 1.97. The van der Waals surface area contributed by atoms with Crippen LogP contribution in [0, 0.1) is 5.41 Å². The van der Waals surface area contributed by atoms with Crippen LogP contribution in [0.3, 0.4) is 0 Å². The minimum atomic E-state index is -0.215. The van der Waals surface area contributed by atoms with Crippen LogP contribution in [0.2, 0.25) is 0 Å². The molecule has 0 aromatic carbocycles. The third kappa shape index (κ3) is 4.15. The molecule has 0 aromatic heterocycles. The van der Waals surface area contributed by atoms with Gasteiger partial charge in [0.25, 0.3) is 0 Å². The van der Waals surface area contributed by atoms with Crippen LogP contribution < -0.4 is 5.32 Å². The van der Waals surface area contributed by atoms with Gasteiger partial charge in [-0.1, -0.05) is 34.1 Å². The van der Waals surface area contributed by atoms with Crippen molar-refractivity contribution >= 4 is 11.8 Å². The molecule has 102 valence electrons. The summed E-state index contributed by atoms with van der Waals surface area (Å²) in [5, 5.41) is 14.3. The first-order valence-electron chi connectivity index (χ1n) is 6.95. The zero-order chi connectivity index (χ0) is 13.1. The summed E-state index contributed by atoms with van der Waals surface area (Å²) in [5.74, 6) is 0. The van der Waals surface area contributed by atoms with Crippen molar-refractivity contribution in [3.8, 4) is 0 Å². The minimum absolute atomic E-state index is 0.215. The summed E-state index contributed by atoms with van der Waals surface area (Å²) in [5.41, 5.74) is 0.379. The molecule has 1 saturated carbocycles. The average Bonchev–Trinajstić information content (AvgIpc) is 2.22. The SMILES string of the molecule is CCNC1C(SC(C)C(C)O)CCCC1(C)C. The molecule has 0 bridgehead atoms. The fourth-order valence-electron chi connectivity index (χ4n) is 2.75. The Bertz CT molecular complexity index is 230. The van der Waals surface area contributed by atoms with Gasteiger partial charge in [0.05, 0.1) is 6.10 Å². The molecule has 3 heteroatoms. The lowest BCUT2D eigenvalue weighted by molar-refractivity contribution is 0.173. The van der Waals surface area contributed by atoms with Gasteiger partial charge in [0.1, 0.15) is 0 Å². The largest absolute Gasteiger partial charge is 0.392 e. The van der Waals surface area contributed by atoms with Gasteiger partial charge < -0.3 is 10.4 Å². The van der Waals surface area contributed by atoms with E-state index in [-0.39, 0.29) is 6.10 Å². The third-order valence-electron chi connectivity index (χ3n) is 4.02. The highest BCUT2D eigenvalue weighted by Crippen LogP contribution is 2.42. The Balaban J connectivity index is 2.67. The van der Waals surface area contributed by atoms with Crippen molar-refractivity contribution in [3.05, 3.63) is 0 Å². The molecular weight excluding hydrogens is 230 g/mol. The highest BCUT2D eigenvalue weighted by molar-refractivity contribution is 8.00. The number of nitrogens with one attached hydrogen (secondary N) is 1. The first-order chi connectivity index (χ1) is 7.88. The van der Waals surface area contributed by atoms with Crippen LogP contribution in [-0.2, 0) is 0 Å². The number of aliphatic hydroxyl groups excluding tert-OH is 1. The first kappa shape index (κ1) is 15.3. The quantitative estimate of drug-likeness (QED) is 0.796. The molecule has 1 fully saturated rings. The molecule has 1 rings (SSSR count). The fraction of sp³-hybridized carbons (Fsp3) is 1.00. The zero-order valence-corrected chi connectivity index (χ0v) is 12.8. The van der Waals surface area contributed by atoms with Crippen molar-refractivity contribution in [2.45, 2.75) is 76.5 Å². The van der Waals surface area contributed by atoms with Crippen LogP contribution in [0.4, 0.5) is 0 Å². The van der Waals surface area contributed by atoms with Gasteiger partial charge in [-0.3, -0.25) is 0 Å². The predicted octanol–water partition coefficient (Wildman–Crippen LogP) is 3.05. The third-order valence-corrected chi connectivity index (χ3v) is 5.70. The molecular formula is C14H29NOS. The van der Waals surface area contributed by atoms with E-state index >= 15 is 0 Å². The predicted molar refractivity (Wildman–Crippen MR) is 77.6 cm³/mol. The maximum atomic E-state index is 9.66. The maximum Gasteiger partial charge on any atom is 0.0628 e. The Morgan fingerprint density at radius 1 is 1.41 bits per heavy atom. The van der Waals surface area contributed by atoms with Gasteiger partial charge in [0.15, 0.2) is 0 Å². The van der Waals surface area contributed by atoms with Crippen molar-refractivity contribution in [3.63, 3.8) is 0 Å². The highest BCUT2D eigenvalue weighted by atomic mass is 32.2. The van der Waals surface area contributed by atoms with E-state index in [0.29, 0.717) is 22.0 Å². The minimum Gasteiger partial charge on any atom is -0.392 e. The van der Waals surface area contributed by atoms with E-state index < -0.39 is 0 Å². The van der Waals surface area contributed by atoms with E-state index in [9.17, 15) is 5.11 Å². The Kier molecular flexibility index (Phi) is 5.81. The number of rotatable bonds is 5. The lowest BCUT2D eigenvalue weighted by Gasteiger charge is -2.45.